The van der Waals surface area contributed by atoms with Gasteiger partial charge in [0.2, 0.25) is 0 Å². The van der Waals surface area contributed by atoms with Gasteiger partial charge in [0, 0.05) is 10.7 Å². The van der Waals surface area contributed by atoms with E-state index in [1.54, 1.807) is 0 Å². The smallest absolute Gasteiger partial charge is 0.0629 e. The Kier molecular flexibility index (Phi) is 3.47. The first kappa shape index (κ1) is 9.15. The standard InChI is InChI=1S/C8H11BrNP/c1-3-11(2)8-5-4-7(9)6-10-8/h4-6H,3H2,1-2H3. The number of aromatic nitrogens is 1. The second-order valence-electron chi connectivity index (χ2n) is 2.35. The molecule has 60 valence electrons. The fourth-order valence-electron chi connectivity index (χ4n) is 0.756. The lowest BCUT2D eigenvalue weighted by Crippen LogP contribution is -2.05. The van der Waals surface area contributed by atoms with E-state index in [-0.39, 0.29) is 7.92 Å². The van der Waals surface area contributed by atoms with Gasteiger partial charge < -0.3 is 0 Å². The van der Waals surface area contributed by atoms with Gasteiger partial charge in [-0.05, 0) is 40.9 Å². The SMILES string of the molecule is CCP(C)c1ccc(Br)cn1. The first-order valence-corrected chi connectivity index (χ1v) is 6.33. The van der Waals surface area contributed by atoms with Crippen LogP contribution in [0.15, 0.2) is 22.8 Å². The summed E-state index contributed by atoms with van der Waals surface area (Å²) >= 11 is 3.36. The number of halogens is 1. The van der Waals surface area contributed by atoms with E-state index in [1.165, 1.54) is 11.6 Å². The lowest BCUT2D eigenvalue weighted by Gasteiger charge is -2.06. The third-order valence-corrected chi connectivity index (χ3v) is 4.04. The molecule has 1 rings (SSSR count). The van der Waals surface area contributed by atoms with Crippen molar-refractivity contribution in [1.29, 1.82) is 0 Å². The summed E-state index contributed by atoms with van der Waals surface area (Å²) < 4.78 is 1.06. The molecule has 0 spiro atoms. The fourth-order valence-corrected chi connectivity index (χ4v) is 1.90. The van der Waals surface area contributed by atoms with Crippen molar-refractivity contribution >= 4 is 29.3 Å². The van der Waals surface area contributed by atoms with Gasteiger partial charge in [0.05, 0.1) is 5.44 Å². The van der Waals surface area contributed by atoms with Gasteiger partial charge in [-0.2, -0.15) is 0 Å². The molecule has 0 aromatic carbocycles. The normalized spacial score (nSPS) is 13.0. The molecule has 0 N–H and O–H groups in total. The quantitative estimate of drug-likeness (QED) is 0.714. The molecule has 0 saturated heterocycles. The molecule has 0 aliphatic rings. The fraction of sp³-hybridized carbons (Fsp3) is 0.375. The Bertz CT molecular complexity index is 222. The highest BCUT2D eigenvalue weighted by atomic mass is 79.9. The Morgan fingerprint density at radius 1 is 1.55 bits per heavy atom. The highest BCUT2D eigenvalue weighted by Gasteiger charge is 2.01. The maximum atomic E-state index is 4.33. The van der Waals surface area contributed by atoms with E-state index in [9.17, 15) is 0 Å². The number of hydrogen-bond acceptors (Lipinski definition) is 1. The van der Waals surface area contributed by atoms with Gasteiger partial charge in [-0.1, -0.05) is 14.8 Å². The molecule has 0 aliphatic heterocycles. The first-order valence-electron chi connectivity index (χ1n) is 3.56. The largest absolute Gasteiger partial charge is 0.255 e. The molecule has 1 nitrogen and oxygen atoms in total. The average molecular weight is 232 g/mol. The predicted octanol–water partition coefficient (Wildman–Crippen LogP) is 2.60. The zero-order chi connectivity index (χ0) is 8.27. The van der Waals surface area contributed by atoms with Crippen molar-refractivity contribution < 1.29 is 0 Å². The molecule has 1 aromatic heterocycles. The third-order valence-electron chi connectivity index (χ3n) is 1.58. The van der Waals surface area contributed by atoms with Crippen LogP contribution in [0.4, 0.5) is 0 Å². The van der Waals surface area contributed by atoms with Crippen LogP contribution in [-0.2, 0) is 0 Å². The molecule has 11 heavy (non-hydrogen) atoms. The number of hydrogen-bond donors (Lipinski definition) is 0. The third kappa shape index (κ3) is 2.53. The van der Waals surface area contributed by atoms with Crippen LogP contribution in [0, 0.1) is 0 Å². The van der Waals surface area contributed by atoms with Gasteiger partial charge in [0.25, 0.3) is 0 Å². The van der Waals surface area contributed by atoms with Crippen molar-refractivity contribution in [3.8, 4) is 0 Å². The molecule has 0 bridgehead atoms. The highest BCUT2D eigenvalue weighted by Crippen LogP contribution is 2.27. The average Bonchev–Trinajstić information content (AvgIpc) is 2.05. The highest BCUT2D eigenvalue weighted by molar-refractivity contribution is 9.10. The van der Waals surface area contributed by atoms with Gasteiger partial charge in [-0.3, -0.25) is 4.98 Å². The van der Waals surface area contributed by atoms with Crippen LogP contribution in [0.3, 0.4) is 0 Å². The maximum Gasteiger partial charge on any atom is 0.0629 e. The van der Waals surface area contributed by atoms with E-state index in [1.807, 2.05) is 6.20 Å². The van der Waals surface area contributed by atoms with Crippen LogP contribution >= 0.6 is 23.9 Å². The molecule has 0 aliphatic carbocycles. The van der Waals surface area contributed by atoms with Crippen molar-refractivity contribution in [2.75, 3.05) is 12.8 Å². The molecule has 0 saturated carbocycles. The predicted molar refractivity (Wildman–Crippen MR) is 55.0 cm³/mol. The van der Waals surface area contributed by atoms with Crippen LogP contribution < -0.4 is 5.44 Å². The lowest BCUT2D eigenvalue weighted by molar-refractivity contribution is 1.35. The Balaban J connectivity index is 2.81. The summed E-state index contributed by atoms with van der Waals surface area (Å²) in [5.41, 5.74) is 1.24. The lowest BCUT2D eigenvalue weighted by atomic mass is 10.5. The molecule has 0 fully saturated rings. The van der Waals surface area contributed by atoms with Crippen LogP contribution in [0.5, 0.6) is 0 Å². The van der Waals surface area contributed by atoms with E-state index in [4.69, 9.17) is 0 Å². The Hall–Kier alpha value is 0.0600. The Labute approximate surface area is 77.1 Å². The van der Waals surface area contributed by atoms with E-state index >= 15 is 0 Å². The molecule has 0 radical (unpaired) electrons. The topological polar surface area (TPSA) is 12.9 Å². The number of rotatable bonds is 2. The summed E-state index contributed by atoms with van der Waals surface area (Å²) in [7, 11) is -0.0178. The van der Waals surface area contributed by atoms with Crippen LogP contribution in [0.1, 0.15) is 6.92 Å². The van der Waals surface area contributed by atoms with Crippen molar-refractivity contribution in [2.24, 2.45) is 0 Å². The van der Waals surface area contributed by atoms with Crippen molar-refractivity contribution in [3.63, 3.8) is 0 Å². The van der Waals surface area contributed by atoms with E-state index in [0.717, 1.165) is 4.47 Å². The zero-order valence-electron chi connectivity index (χ0n) is 6.71. The van der Waals surface area contributed by atoms with Crippen molar-refractivity contribution in [1.82, 2.24) is 4.98 Å². The second-order valence-corrected chi connectivity index (χ2v) is 5.75. The molecule has 1 aromatic rings. The summed E-state index contributed by atoms with van der Waals surface area (Å²) in [5, 5.41) is 0. The molecule has 1 atom stereocenters. The number of nitrogens with zero attached hydrogens (tertiary/aromatic N) is 1. The Morgan fingerprint density at radius 2 is 2.27 bits per heavy atom. The van der Waals surface area contributed by atoms with Crippen molar-refractivity contribution in [2.45, 2.75) is 6.92 Å². The van der Waals surface area contributed by atoms with E-state index < -0.39 is 0 Å². The minimum absolute atomic E-state index is 0.0178. The van der Waals surface area contributed by atoms with Gasteiger partial charge in [-0.25, -0.2) is 0 Å². The summed E-state index contributed by atoms with van der Waals surface area (Å²) in [5.74, 6) is 0. The maximum absolute atomic E-state index is 4.33. The summed E-state index contributed by atoms with van der Waals surface area (Å²) in [6, 6.07) is 4.15. The summed E-state index contributed by atoms with van der Waals surface area (Å²) in [4.78, 5) is 4.33. The molecule has 1 unspecified atom stereocenters. The van der Waals surface area contributed by atoms with Gasteiger partial charge in [0.1, 0.15) is 0 Å². The van der Waals surface area contributed by atoms with E-state index in [2.05, 4.69) is 46.6 Å². The van der Waals surface area contributed by atoms with Crippen LogP contribution in [0.2, 0.25) is 0 Å². The summed E-state index contributed by atoms with van der Waals surface area (Å²) in [6.45, 7) is 4.46. The minimum atomic E-state index is -0.0178. The molecular formula is C8H11BrNP. The minimum Gasteiger partial charge on any atom is -0.255 e. The molecule has 0 amide bonds. The molecular weight excluding hydrogens is 221 g/mol. The second kappa shape index (κ2) is 4.18. The number of pyridine rings is 1. The van der Waals surface area contributed by atoms with Crippen LogP contribution in [-0.4, -0.2) is 17.8 Å². The molecule has 1 heterocycles. The van der Waals surface area contributed by atoms with Gasteiger partial charge in [-0.15, -0.1) is 0 Å². The van der Waals surface area contributed by atoms with Crippen LogP contribution in [0.25, 0.3) is 0 Å². The zero-order valence-corrected chi connectivity index (χ0v) is 9.19. The van der Waals surface area contributed by atoms with Gasteiger partial charge in [0.15, 0.2) is 0 Å². The van der Waals surface area contributed by atoms with Crippen molar-refractivity contribution in [3.05, 3.63) is 22.8 Å². The first-order chi connectivity index (χ1) is 5.24. The molecule has 3 heteroatoms. The Morgan fingerprint density at radius 3 is 2.73 bits per heavy atom. The van der Waals surface area contributed by atoms with E-state index in [0.29, 0.717) is 0 Å². The van der Waals surface area contributed by atoms with Gasteiger partial charge >= 0.3 is 0 Å². The summed E-state index contributed by atoms with van der Waals surface area (Å²) in [6.07, 6.45) is 3.08. The monoisotopic (exact) mass is 231 g/mol.